The summed E-state index contributed by atoms with van der Waals surface area (Å²) >= 11 is 6.39. The third-order valence-corrected chi connectivity index (χ3v) is 3.94. The Morgan fingerprint density at radius 1 is 1.38 bits per heavy atom. The molecule has 2 unspecified atom stereocenters. The molecule has 2 atom stereocenters. The van der Waals surface area contributed by atoms with Crippen LogP contribution in [0.2, 0.25) is 0 Å². The summed E-state index contributed by atoms with van der Waals surface area (Å²) in [6.07, 6.45) is 2.38. The van der Waals surface area contributed by atoms with Gasteiger partial charge in [0.2, 0.25) is 0 Å². The Kier molecular flexibility index (Phi) is 3.31. The minimum Gasteiger partial charge on any atom is -0.303 e. The quantitative estimate of drug-likeness (QED) is 0.801. The second-order valence-corrected chi connectivity index (χ2v) is 4.73. The van der Waals surface area contributed by atoms with Gasteiger partial charge in [0.05, 0.1) is 5.38 Å². The molecule has 1 aromatic carbocycles. The van der Waals surface area contributed by atoms with Gasteiger partial charge in [0.15, 0.2) is 5.78 Å². The summed E-state index contributed by atoms with van der Waals surface area (Å²) in [5.41, 5.74) is 0.281. The van der Waals surface area contributed by atoms with Gasteiger partial charge in [-0.1, -0.05) is 30.3 Å². The molecule has 1 aliphatic rings. The largest absolute Gasteiger partial charge is 0.303 e. The van der Waals surface area contributed by atoms with Gasteiger partial charge < -0.3 is 5.32 Å². The number of hydrogen-bond donors (Lipinski definition) is 1. The van der Waals surface area contributed by atoms with Crippen LogP contribution >= 0.6 is 11.6 Å². The lowest BCUT2D eigenvalue weighted by molar-refractivity contribution is -0.127. The van der Waals surface area contributed by atoms with Crippen LogP contribution in [-0.4, -0.2) is 18.2 Å². The number of carbonyl (C=O) groups excluding carboxylic acids is 1. The van der Waals surface area contributed by atoms with Crippen molar-refractivity contribution in [2.24, 2.45) is 0 Å². The Bertz CT molecular complexity index is 379. The molecule has 1 N–H and O–H groups in total. The number of alkyl halides is 1. The third kappa shape index (κ3) is 1.66. The lowest BCUT2D eigenvalue weighted by Gasteiger charge is -2.40. The Morgan fingerprint density at radius 3 is 2.62 bits per heavy atom. The van der Waals surface area contributed by atoms with Crippen LogP contribution in [0.1, 0.15) is 24.8 Å². The topological polar surface area (TPSA) is 29.1 Å². The Morgan fingerprint density at radius 2 is 2.06 bits per heavy atom. The number of ketones is 1. The van der Waals surface area contributed by atoms with Crippen LogP contribution < -0.4 is 5.32 Å². The van der Waals surface area contributed by atoms with Crippen molar-refractivity contribution in [3.63, 3.8) is 0 Å². The van der Waals surface area contributed by atoms with Crippen molar-refractivity contribution in [3.8, 4) is 0 Å². The molecule has 0 saturated heterocycles. The van der Waals surface area contributed by atoms with Crippen LogP contribution in [-0.2, 0) is 10.3 Å². The van der Waals surface area contributed by atoms with Crippen LogP contribution in [0.5, 0.6) is 0 Å². The molecule has 0 spiro atoms. The predicted octanol–water partition coefficient (Wildman–Crippen LogP) is 2.46. The number of nitrogens with one attached hydrogen (secondary N) is 1. The molecule has 0 aromatic heterocycles. The molecule has 0 amide bonds. The van der Waals surface area contributed by atoms with Gasteiger partial charge in [0, 0.05) is 6.42 Å². The molecule has 86 valence electrons. The highest BCUT2D eigenvalue weighted by Crippen LogP contribution is 2.37. The van der Waals surface area contributed by atoms with Gasteiger partial charge in [-0.25, -0.2) is 0 Å². The van der Waals surface area contributed by atoms with Crippen molar-refractivity contribution in [3.05, 3.63) is 35.9 Å². The van der Waals surface area contributed by atoms with Gasteiger partial charge in [-0.3, -0.25) is 4.79 Å². The van der Waals surface area contributed by atoms with Gasteiger partial charge >= 0.3 is 0 Å². The Hall–Kier alpha value is -0.860. The van der Waals surface area contributed by atoms with Gasteiger partial charge in [-0.05, 0) is 25.5 Å². The molecule has 1 fully saturated rings. The summed E-state index contributed by atoms with van der Waals surface area (Å²) in [5, 5.41) is 2.99. The molecule has 0 aliphatic heterocycles. The summed E-state index contributed by atoms with van der Waals surface area (Å²) in [6.45, 7) is 0. The average Bonchev–Trinajstić information content (AvgIpc) is 2.31. The van der Waals surface area contributed by atoms with E-state index in [0.717, 1.165) is 18.4 Å². The molecule has 0 radical (unpaired) electrons. The first kappa shape index (κ1) is 11.6. The fraction of sp³-hybridized carbons (Fsp3) is 0.462. The standard InChI is InChI=1S/C13H16ClNO/c1-15-13(10-6-3-2-4-7-10)11(14)8-5-9-12(13)16/h2-4,6-7,11,15H,5,8-9H2,1H3. The zero-order chi connectivity index (χ0) is 11.6. The molecule has 16 heavy (non-hydrogen) atoms. The van der Waals surface area contributed by atoms with Crippen LogP contribution in [0.3, 0.4) is 0 Å². The van der Waals surface area contributed by atoms with Crippen LogP contribution in [0.4, 0.5) is 0 Å². The summed E-state index contributed by atoms with van der Waals surface area (Å²) in [4.78, 5) is 12.2. The molecular weight excluding hydrogens is 222 g/mol. The second kappa shape index (κ2) is 4.56. The minimum atomic E-state index is -0.693. The van der Waals surface area contributed by atoms with Crippen molar-refractivity contribution in [1.29, 1.82) is 0 Å². The summed E-state index contributed by atoms with van der Waals surface area (Å²) in [6, 6.07) is 9.77. The van der Waals surface area contributed by atoms with Crippen LogP contribution in [0, 0.1) is 0 Å². The zero-order valence-corrected chi connectivity index (χ0v) is 10.1. The van der Waals surface area contributed by atoms with Crippen molar-refractivity contribution in [2.75, 3.05) is 7.05 Å². The van der Waals surface area contributed by atoms with Crippen molar-refractivity contribution in [1.82, 2.24) is 5.32 Å². The fourth-order valence-electron chi connectivity index (χ4n) is 2.51. The molecule has 0 bridgehead atoms. The van der Waals surface area contributed by atoms with E-state index in [0.29, 0.717) is 6.42 Å². The number of rotatable bonds is 2. The van der Waals surface area contributed by atoms with E-state index < -0.39 is 5.54 Å². The normalized spacial score (nSPS) is 30.4. The first-order chi connectivity index (χ1) is 7.71. The molecule has 0 heterocycles. The van der Waals surface area contributed by atoms with E-state index in [-0.39, 0.29) is 11.2 Å². The average molecular weight is 238 g/mol. The van der Waals surface area contributed by atoms with Crippen LogP contribution in [0.25, 0.3) is 0 Å². The van der Waals surface area contributed by atoms with Gasteiger partial charge in [-0.2, -0.15) is 0 Å². The lowest BCUT2D eigenvalue weighted by Crippen LogP contribution is -2.56. The SMILES string of the molecule is CNC1(c2ccccc2)C(=O)CCCC1Cl. The molecule has 3 heteroatoms. The highest BCUT2D eigenvalue weighted by molar-refractivity contribution is 6.24. The Labute approximate surface area is 101 Å². The van der Waals surface area contributed by atoms with Crippen molar-refractivity contribution < 1.29 is 4.79 Å². The highest BCUT2D eigenvalue weighted by atomic mass is 35.5. The fourth-order valence-corrected chi connectivity index (χ4v) is 3.02. The van der Waals surface area contributed by atoms with Gasteiger partial charge in [0.25, 0.3) is 0 Å². The predicted molar refractivity (Wildman–Crippen MR) is 65.7 cm³/mol. The van der Waals surface area contributed by atoms with E-state index in [9.17, 15) is 4.79 Å². The molecule has 1 aliphatic carbocycles. The molecule has 2 rings (SSSR count). The van der Waals surface area contributed by atoms with Crippen LogP contribution in [0.15, 0.2) is 30.3 Å². The number of hydrogen-bond acceptors (Lipinski definition) is 2. The number of carbonyl (C=O) groups is 1. The molecule has 2 nitrogen and oxygen atoms in total. The minimum absolute atomic E-state index is 0.166. The lowest BCUT2D eigenvalue weighted by atomic mass is 9.75. The first-order valence-corrected chi connectivity index (χ1v) is 6.07. The maximum atomic E-state index is 12.2. The maximum Gasteiger partial charge on any atom is 0.158 e. The van der Waals surface area contributed by atoms with Gasteiger partial charge in [-0.15, -0.1) is 11.6 Å². The summed E-state index contributed by atoms with van der Waals surface area (Å²) in [5.74, 6) is 0.201. The number of likely N-dealkylation sites (N-methyl/N-ethyl adjacent to an activating group) is 1. The molecular formula is C13H16ClNO. The maximum absolute atomic E-state index is 12.2. The Balaban J connectivity index is 2.48. The van der Waals surface area contributed by atoms with E-state index >= 15 is 0 Å². The number of benzene rings is 1. The van der Waals surface area contributed by atoms with Crippen molar-refractivity contribution >= 4 is 17.4 Å². The van der Waals surface area contributed by atoms with Crippen molar-refractivity contribution in [2.45, 2.75) is 30.2 Å². The van der Waals surface area contributed by atoms with E-state index in [1.54, 1.807) is 0 Å². The smallest absolute Gasteiger partial charge is 0.158 e. The van der Waals surface area contributed by atoms with E-state index in [2.05, 4.69) is 5.32 Å². The zero-order valence-electron chi connectivity index (χ0n) is 9.37. The summed E-state index contributed by atoms with van der Waals surface area (Å²) in [7, 11) is 1.81. The van der Waals surface area contributed by atoms with Gasteiger partial charge in [0.1, 0.15) is 5.54 Å². The second-order valence-electron chi connectivity index (χ2n) is 4.21. The first-order valence-electron chi connectivity index (χ1n) is 5.63. The van der Waals surface area contributed by atoms with E-state index in [4.69, 9.17) is 11.6 Å². The highest BCUT2D eigenvalue weighted by Gasteiger charge is 2.46. The van der Waals surface area contributed by atoms with E-state index in [1.165, 1.54) is 0 Å². The van der Waals surface area contributed by atoms with E-state index in [1.807, 2.05) is 37.4 Å². The third-order valence-electron chi connectivity index (χ3n) is 3.39. The monoisotopic (exact) mass is 237 g/mol. The summed E-state index contributed by atoms with van der Waals surface area (Å²) < 4.78 is 0. The number of Topliss-reactive ketones (excluding diaryl/α,β-unsaturated/α-hetero) is 1. The molecule has 1 aromatic rings. The molecule has 1 saturated carbocycles. The number of halogens is 1.